The van der Waals surface area contributed by atoms with E-state index in [0.717, 1.165) is 0 Å². The molecule has 0 atom stereocenters. The van der Waals surface area contributed by atoms with Crippen LogP contribution in [0, 0.1) is 0 Å². The Bertz CT molecular complexity index is 866. The van der Waals surface area contributed by atoms with E-state index in [4.69, 9.17) is 9.78 Å². The summed E-state index contributed by atoms with van der Waals surface area (Å²) in [4.78, 5) is 55.8. The largest absolute Gasteiger partial charge is 0.386 e. The highest BCUT2D eigenvalue weighted by atomic mass is 17.2. The fraction of sp³-hybridized carbons (Fsp3) is 0. The van der Waals surface area contributed by atoms with E-state index in [-0.39, 0.29) is 33.8 Å². The summed E-state index contributed by atoms with van der Waals surface area (Å²) in [6.07, 6.45) is 0. The van der Waals surface area contributed by atoms with Gasteiger partial charge < -0.3 is 9.47 Å². The zero-order valence-electron chi connectivity index (χ0n) is 11.7. The van der Waals surface area contributed by atoms with Crippen molar-refractivity contribution >= 4 is 23.9 Å². The second-order valence-corrected chi connectivity index (χ2v) is 4.94. The molecule has 0 aliphatic carbocycles. The van der Waals surface area contributed by atoms with E-state index < -0.39 is 23.9 Å². The second kappa shape index (κ2) is 4.92. The molecular formula is C16H6O8. The number of ether oxygens (including phenoxy) is 2. The normalized spacial score (nSPS) is 14.8. The average Bonchev–Trinajstić information content (AvgIpc) is 3.02. The SMILES string of the molecule is O=C1OC(=O)c2cc(OOc3ccc4c(c3)C(=O)OC4=O)ccc21. The number of fused-ring (bicyclic) bond motifs is 2. The third-order valence-corrected chi connectivity index (χ3v) is 3.47. The molecule has 0 amide bonds. The molecule has 2 aliphatic rings. The second-order valence-electron chi connectivity index (χ2n) is 4.94. The van der Waals surface area contributed by atoms with Crippen molar-refractivity contribution in [2.75, 3.05) is 0 Å². The van der Waals surface area contributed by atoms with E-state index in [1.165, 1.54) is 36.4 Å². The van der Waals surface area contributed by atoms with Gasteiger partial charge in [0, 0.05) is 12.1 Å². The molecule has 8 heteroatoms. The van der Waals surface area contributed by atoms with Crippen LogP contribution >= 0.6 is 0 Å². The van der Waals surface area contributed by atoms with Crippen LogP contribution < -0.4 is 9.78 Å². The number of carbonyl (C=O) groups is 4. The first-order valence-corrected chi connectivity index (χ1v) is 6.68. The summed E-state index contributed by atoms with van der Waals surface area (Å²) in [7, 11) is 0. The van der Waals surface area contributed by atoms with Crippen LogP contribution in [0.15, 0.2) is 36.4 Å². The van der Waals surface area contributed by atoms with E-state index in [9.17, 15) is 19.2 Å². The fourth-order valence-electron chi connectivity index (χ4n) is 2.33. The molecule has 0 bridgehead atoms. The topological polar surface area (TPSA) is 105 Å². The molecule has 8 nitrogen and oxygen atoms in total. The van der Waals surface area contributed by atoms with Gasteiger partial charge in [0.05, 0.1) is 22.3 Å². The smallest absolute Gasteiger partial charge is 0.347 e. The van der Waals surface area contributed by atoms with Crippen LogP contribution in [0.2, 0.25) is 0 Å². The molecule has 2 aliphatic heterocycles. The molecule has 0 aromatic heterocycles. The molecule has 2 aromatic rings. The van der Waals surface area contributed by atoms with Crippen molar-refractivity contribution in [2.24, 2.45) is 0 Å². The Morgan fingerprint density at radius 1 is 0.542 bits per heavy atom. The van der Waals surface area contributed by atoms with Gasteiger partial charge in [-0.05, 0) is 24.3 Å². The Morgan fingerprint density at radius 3 is 1.33 bits per heavy atom. The van der Waals surface area contributed by atoms with E-state index >= 15 is 0 Å². The number of cyclic esters (lactones) is 4. The minimum atomic E-state index is -0.765. The summed E-state index contributed by atoms with van der Waals surface area (Å²) in [5.74, 6) is -2.66. The minimum absolute atomic E-state index is 0.0734. The molecule has 0 N–H and O–H groups in total. The van der Waals surface area contributed by atoms with Crippen molar-refractivity contribution in [3.8, 4) is 11.5 Å². The zero-order valence-corrected chi connectivity index (χ0v) is 11.7. The van der Waals surface area contributed by atoms with Gasteiger partial charge in [-0.1, -0.05) is 0 Å². The van der Waals surface area contributed by atoms with Gasteiger partial charge in [-0.25, -0.2) is 19.2 Å². The lowest BCUT2D eigenvalue weighted by atomic mass is 10.1. The Hall–Kier alpha value is -3.68. The fourth-order valence-corrected chi connectivity index (χ4v) is 2.33. The van der Waals surface area contributed by atoms with Crippen molar-refractivity contribution in [3.63, 3.8) is 0 Å². The number of esters is 4. The lowest BCUT2D eigenvalue weighted by Gasteiger charge is -2.06. The molecule has 0 spiro atoms. The van der Waals surface area contributed by atoms with Crippen molar-refractivity contribution in [1.82, 2.24) is 0 Å². The molecular weight excluding hydrogens is 320 g/mol. The molecule has 4 rings (SSSR count). The Labute approximate surface area is 133 Å². The highest BCUT2D eigenvalue weighted by Gasteiger charge is 2.31. The summed E-state index contributed by atoms with van der Waals surface area (Å²) in [6, 6.07) is 8.19. The lowest BCUT2D eigenvalue weighted by molar-refractivity contribution is -0.1000. The molecule has 0 fully saturated rings. The Kier molecular flexibility index (Phi) is 2.86. The van der Waals surface area contributed by atoms with E-state index in [0.29, 0.717) is 0 Å². The van der Waals surface area contributed by atoms with Crippen molar-refractivity contribution in [3.05, 3.63) is 58.7 Å². The average molecular weight is 326 g/mol. The molecule has 2 heterocycles. The number of hydrogen-bond acceptors (Lipinski definition) is 8. The highest BCUT2D eigenvalue weighted by Crippen LogP contribution is 2.27. The third kappa shape index (κ3) is 2.09. The summed E-state index contributed by atoms with van der Waals surface area (Å²) in [6.45, 7) is 0. The van der Waals surface area contributed by atoms with Crippen molar-refractivity contribution in [1.29, 1.82) is 0 Å². The van der Waals surface area contributed by atoms with Crippen LogP contribution in [-0.2, 0) is 9.47 Å². The van der Waals surface area contributed by atoms with Gasteiger partial charge in [0.2, 0.25) is 0 Å². The van der Waals surface area contributed by atoms with Gasteiger partial charge in [-0.3, -0.25) is 9.78 Å². The molecule has 118 valence electrons. The van der Waals surface area contributed by atoms with E-state index in [2.05, 4.69) is 9.47 Å². The number of rotatable bonds is 3. The first-order chi connectivity index (χ1) is 11.5. The monoisotopic (exact) mass is 326 g/mol. The summed E-state index contributed by atoms with van der Waals surface area (Å²) >= 11 is 0. The van der Waals surface area contributed by atoms with Gasteiger partial charge in [0.1, 0.15) is 0 Å². The van der Waals surface area contributed by atoms with Gasteiger partial charge in [-0.15, -0.1) is 0 Å². The van der Waals surface area contributed by atoms with Gasteiger partial charge in [0.25, 0.3) is 0 Å². The first kappa shape index (κ1) is 13.9. The molecule has 0 saturated heterocycles. The van der Waals surface area contributed by atoms with Crippen LogP contribution in [0.5, 0.6) is 11.5 Å². The van der Waals surface area contributed by atoms with E-state index in [1.54, 1.807) is 0 Å². The van der Waals surface area contributed by atoms with Crippen molar-refractivity contribution in [2.45, 2.75) is 0 Å². The number of benzene rings is 2. The molecule has 2 aromatic carbocycles. The quantitative estimate of drug-likeness (QED) is 0.363. The molecule has 0 saturated carbocycles. The Morgan fingerprint density at radius 2 is 0.917 bits per heavy atom. The van der Waals surface area contributed by atoms with Gasteiger partial charge in [0.15, 0.2) is 11.5 Å². The zero-order chi connectivity index (χ0) is 16.8. The maximum atomic E-state index is 11.5. The summed E-state index contributed by atoms with van der Waals surface area (Å²) in [5, 5.41) is 0. The predicted molar refractivity (Wildman–Crippen MR) is 73.6 cm³/mol. The summed E-state index contributed by atoms with van der Waals surface area (Å²) in [5.41, 5.74) is 0.436. The van der Waals surface area contributed by atoms with E-state index in [1.807, 2.05) is 0 Å². The van der Waals surface area contributed by atoms with Crippen LogP contribution in [0.1, 0.15) is 41.4 Å². The predicted octanol–water partition coefficient (Wildman–Crippen LogP) is 1.68. The maximum absolute atomic E-state index is 11.5. The lowest BCUT2D eigenvalue weighted by Crippen LogP contribution is -2.03. The van der Waals surface area contributed by atoms with Gasteiger partial charge >= 0.3 is 23.9 Å². The van der Waals surface area contributed by atoms with Crippen LogP contribution in [0.25, 0.3) is 0 Å². The maximum Gasteiger partial charge on any atom is 0.347 e. The Balaban J connectivity index is 1.54. The third-order valence-electron chi connectivity index (χ3n) is 3.47. The van der Waals surface area contributed by atoms with Crippen LogP contribution in [0.3, 0.4) is 0 Å². The minimum Gasteiger partial charge on any atom is -0.386 e. The molecule has 24 heavy (non-hydrogen) atoms. The molecule has 0 radical (unpaired) electrons. The van der Waals surface area contributed by atoms with Gasteiger partial charge in [-0.2, -0.15) is 0 Å². The molecule has 0 unspecified atom stereocenters. The standard InChI is InChI=1S/C16H6O8/c17-13-9-3-1-7(5-11(9)15(19)21-13)23-24-8-2-4-10-12(6-8)16(20)22-14(10)18/h1-6H. The van der Waals surface area contributed by atoms with Crippen LogP contribution in [0.4, 0.5) is 0 Å². The van der Waals surface area contributed by atoms with Crippen LogP contribution in [-0.4, -0.2) is 23.9 Å². The number of hydrogen-bond donors (Lipinski definition) is 0. The van der Waals surface area contributed by atoms with Crippen molar-refractivity contribution < 1.29 is 38.4 Å². The first-order valence-electron chi connectivity index (χ1n) is 6.68. The highest BCUT2D eigenvalue weighted by molar-refractivity contribution is 6.15. The number of carbonyl (C=O) groups excluding carboxylic acids is 4. The summed E-state index contributed by atoms with van der Waals surface area (Å²) < 4.78 is 8.93.